The highest BCUT2D eigenvalue weighted by molar-refractivity contribution is 7.93. The summed E-state index contributed by atoms with van der Waals surface area (Å²) in [5.74, 6) is 0.782. The summed E-state index contributed by atoms with van der Waals surface area (Å²) in [5.41, 5.74) is 2.11. The molecule has 1 atom stereocenters. The molecule has 184 valence electrons. The zero-order valence-corrected chi connectivity index (χ0v) is 20.1. The van der Waals surface area contributed by atoms with Gasteiger partial charge in [-0.2, -0.15) is 5.26 Å². The van der Waals surface area contributed by atoms with Crippen LogP contribution < -0.4 is 9.62 Å². The number of nitrogens with zero attached hydrogens (tertiary/aromatic N) is 2. The second-order valence-corrected chi connectivity index (χ2v) is 9.97. The minimum Gasteiger partial charge on any atom is -0.456 e. The third-order valence-electron chi connectivity index (χ3n) is 5.89. The molecule has 2 aromatic carbocycles. The fourth-order valence-electron chi connectivity index (χ4n) is 3.90. The minimum absolute atomic E-state index is 0.140. The Bertz CT molecular complexity index is 1380. The molecule has 10 heteroatoms. The van der Waals surface area contributed by atoms with Crippen molar-refractivity contribution in [3.8, 4) is 17.4 Å². The van der Waals surface area contributed by atoms with Gasteiger partial charge >= 0.3 is 0 Å². The third-order valence-corrected chi connectivity index (χ3v) is 7.37. The molecular formula is C25H27N3O6S. The molecule has 0 radical (unpaired) electrons. The van der Waals surface area contributed by atoms with Crippen LogP contribution in [0.1, 0.15) is 12.7 Å². The molecule has 2 heterocycles. The van der Waals surface area contributed by atoms with Gasteiger partial charge in [0.25, 0.3) is 10.0 Å². The number of furan rings is 1. The largest absolute Gasteiger partial charge is 0.456 e. The van der Waals surface area contributed by atoms with Gasteiger partial charge in [0.15, 0.2) is 4.91 Å². The first-order chi connectivity index (χ1) is 16.8. The number of hydrogen-bond donors (Lipinski definition) is 3. The number of anilines is 1. The first-order valence-electron chi connectivity index (χ1n) is 11.2. The van der Waals surface area contributed by atoms with Gasteiger partial charge in [0, 0.05) is 36.5 Å². The Balaban J connectivity index is 1.59. The fourth-order valence-corrected chi connectivity index (χ4v) is 5.08. The lowest BCUT2D eigenvalue weighted by atomic mass is 10.0. The molecular weight excluding hydrogens is 470 g/mol. The van der Waals surface area contributed by atoms with Crippen LogP contribution in [0.3, 0.4) is 0 Å². The van der Waals surface area contributed by atoms with Gasteiger partial charge in [-0.3, -0.25) is 0 Å². The van der Waals surface area contributed by atoms with Crippen LogP contribution >= 0.6 is 0 Å². The molecule has 1 unspecified atom stereocenters. The van der Waals surface area contributed by atoms with E-state index in [1.807, 2.05) is 18.2 Å². The number of hydrogen-bond acceptors (Lipinski definition) is 8. The quantitative estimate of drug-likeness (QED) is 0.404. The first-order valence-corrected chi connectivity index (χ1v) is 12.7. The lowest BCUT2D eigenvalue weighted by molar-refractivity contribution is 0.0989. The minimum atomic E-state index is -4.20. The van der Waals surface area contributed by atoms with Gasteiger partial charge < -0.3 is 24.3 Å². The number of aliphatic hydroxyl groups excluding tert-OH is 2. The summed E-state index contributed by atoms with van der Waals surface area (Å²) >= 11 is 0. The Kier molecular flexibility index (Phi) is 7.54. The topological polar surface area (TPSA) is 136 Å². The second-order valence-electron chi connectivity index (χ2n) is 8.26. The number of morpholine rings is 1. The molecule has 1 aliphatic rings. The van der Waals surface area contributed by atoms with Crippen LogP contribution in [0.15, 0.2) is 57.9 Å². The molecule has 1 aliphatic heterocycles. The molecule has 0 bridgehead atoms. The maximum Gasteiger partial charge on any atom is 0.251 e. The van der Waals surface area contributed by atoms with Gasteiger partial charge in [0.1, 0.15) is 17.6 Å². The standard InChI is InChI=1S/C25H27N3O6S/c1-17(25(14-26)35(31,32)27-15-22(30)16-29)23-6-7-24(34-23)20-3-2-19-13-21(5-4-18(19)12-20)28-8-10-33-11-9-28/h2-7,12-13,22,27,29-30H,8-11,15-16H2,1H3. The zero-order chi connectivity index (χ0) is 25.0. The van der Waals surface area contributed by atoms with Crippen LogP contribution in [-0.4, -0.2) is 64.2 Å². The van der Waals surface area contributed by atoms with Crippen molar-refractivity contribution in [2.24, 2.45) is 0 Å². The number of allylic oxidation sites excluding steroid dienone is 2. The highest BCUT2D eigenvalue weighted by atomic mass is 32.2. The SMILES string of the molecule is CC(=C(C#N)S(=O)(=O)NCC(O)CO)c1ccc(-c2ccc3cc(N4CCOCC4)ccc3c2)o1. The number of aliphatic hydroxyl groups is 2. The van der Waals surface area contributed by atoms with Crippen LogP contribution in [0, 0.1) is 11.3 Å². The molecule has 9 nitrogen and oxygen atoms in total. The summed E-state index contributed by atoms with van der Waals surface area (Å²) in [6, 6.07) is 17.3. The first kappa shape index (κ1) is 24.9. The van der Waals surface area contributed by atoms with E-state index >= 15 is 0 Å². The van der Waals surface area contributed by atoms with Crippen LogP contribution in [0.5, 0.6) is 0 Å². The third kappa shape index (κ3) is 5.56. The second kappa shape index (κ2) is 10.6. The lowest BCUT2D eigenvalue weighted by Gasteiger charge is -2.29. The van der Waals surface area contributed by atoms with Crippen molar-refractivity contribution in [1.29, 1.82) is 5.26 Å². The monoisotopic (exact) mass is 497 g/mol. The average Bonchev–Trinajstić information content (AvgIpc) is 3.38. The van der Waals surface area contributed by atoms with E-state index in [-0.39, 0.29) is 11.3 Å². The van der Waals surface area contributed by atoms with E-state index < -0.39 is 34.2 Å². The normalized spacial score (nSPS) is 16.1. The van der Waals surface area contributed by atoms with Crippen LogP contribution in [0.4, 0.5) is 5.69 Å². The summed E-state index contributed by atoms with van der Waals surface area (Å²) < 4.78 is 38.5. The molecule has 0 amide bonds. The van der Waals surface area contributed by atoms with Crippen LogP contribution in [0.2, 0.25) is 0 Å². The van der Waals surface area contributed by atoms with E-state index in [0.717, 1.165) is 48.3 Å². The maximum atomic E-state index is 12.5. The molecule has 1 aromatic heterocycles. The molecule has 0 saturated carbocycles. The lowest BCUT2D eigenvalue weighted by Crippen LogP contribution is -2.36. The summed E-state index contributed by atoms with van der Waals surface area (Å²) in [5, 5.41) is 29.9. The van der Waals surface area contributed by atoms with Crippen molar-refractivity contribution in [2.45, 2.75) is 13.0 Å². The molecule has 4 rings (SSSR count). The van der Waals surface area contributed by atoms with Gasteiger partial charge in [-0.25, -0.2) is 13.1 Å². The highest BCUT2D eigenvalue weighted by Crippen LogP contribution is 2.31. The molecule has 35 heavy (non-hydrogen) atoms. The van der Waals surface area contributed by atoms with E-state index in [0.29, 0.717) is 5.76 Å². The average molecular weight is 498 g/mol. The fraction of sp³-hybridized carbons (Fsp3) is 0.320. The zero-order valence-electron chi connectivity index (χ0n) is 19.3. The van der Waals surface area contributed by atoms with Gasteiger partial charge in [0.2, 0.25) is 0 Å². The highest BCUT2D eigenvalue weighted by Gasteiger charge is 2.23. The molecule has 1 saturated heterocycles. The van der Waals surface area contributed by atoms with E-state index in [4.69, 9.17) is 14.3 Å². The molecule has 3 N–H and O–H groups in total. The maximum absolute atomic E-state index is 12.5. The van der Waals surface area contributed by atoms with Crippen molar-refractivity contribution < 1.29 is 27.8 Å². The van der Waals surface area contributed by atoms with Crippen LogP contribution in [-0.2, 0) is 14.8 Å². The Hall–Kier alpha value is -3.20. The number of rotatable bonds is 8. The smallest absolute Gasteiger partial charge is 0.251 e. The summed E-state index contributed by atoms with van der Waals surface area (Å²) in [6.45, 7) is 3.64. The molecule has 0 spiro atoms. The van der Waals surface area contributed by atoms with Gasteiger partial charge in [-0.15, -0.1) is 0 Å². The van der Waals surface area contributed by atoms with Gasteiger partial charge in [-0.1, -0.05) is 18.2 Å². The van der Waals surface area contributed by atoms with Gasteiger partial charge in [0.05, 0.1) is 25.9 Å². The number of sulfonamides is 1. The summed E-state index contributed by atoms with van der Waals surface area (Å²) in [4.78, 5) is 1.78. The summed E-state index contributed by atoms with van der Waals surface area (Å²) in [6.07, 6.45) is -1.27. The number of nitrogens with one attached hydrogen (secondary N) is 1. The Morgan fingerprint density at radius 2 is 1.86 bits per heavy atom. The molecule has 3 aromatic rings. The Labute approximate surface area is 203 Å². The van der Waals surface area contributed by atoms with E-state index in [1.165, 1.54) is 6.92 Å². The van der Waals surface area contributed by atoms with E-state index in [2.05, 4.69) is 27.8 Å². The van der Waals surface area contributed by atoms with Crippen molar-refractivity contribution in [2.75, 3.05) is 44.4 Å². The van der Waals surface area contributed by atoms with Crippen molar-refractivity contribution >= 4 is 32.1 Å². The van der Waals surface area contributed by atoms with E-state index in [1.54, 1.807) is 18.2 Å². The van der Waals surface area contributed by atoms with Gasteiger partial charge in [-0.05, 0) is 48.0 Å². The predicted octanol–water partition coefficient (Wildman–Crippen LogP) is 2.46. The Morgan fingerprint density at radius 1 is 1.14 bits per heavy atom. The number of benzene rings is 2. The van der Waals surface area contributed by atoms with Crippen LogP contribution in [0.25, 0.3) is 27.7 Å². The number of ether oxygens (including phenoxy) is 1. The number of nitriles is 1. The van der Waals surface area contributed by atoms with Crippen molar-refractivity contribution in [3.63, 3.8) is 0 Å². The Morgan fingerprint density at radius 3 is 2.57 bits per heavy atom. The number of fused-ring (bicyclic) bond motifs is 1. The van der Waals surface area contributed by atoms with Crippen molar-refractivity contribution in [3.05, 3.63) is 59.2 Å². The summed E-state index contributed by atoms with van der Waals surface area (Å²) in [7, 11) is -4.20. The molecule has 0 aliphatic carbocycles. The van der Waals surface area contributed by atoms with E-state index in [9.17, 15) is 18.8 Å². The van der Waals surface area contributed by atoms with Crippen molar-refractivity contribution in [1.82, 2.24) is 4.72 Å². The predicted molar refractivity (Wildman–Crippen MR) is 133 cm³/mol. The molecule has 1 fully saturated rings.